The van der Waals surface area contributed by atoms with Gasteiger partial charge in [-0.05, 0) is 44.3 Å². The van der Waals surface area contributed by atoms with Gasteiger partial charge >= 0.3 is 7.12 Å². The standard InChI is InChI=1S/C20H23BO2/c1-19(2)20(3,4)23-21(22-19)18-13-9-8-12-17(18)15-14-16-10-6-5-7-11-16/h5-15H,1-4H3. The number of benzene rings is 2. The zero-order valence-electron chi connectivity index (χ0n) is 14.2. The first-order valence-electron chi connectivity index (χ1n) is 8.07. The molecule has 1 saturated heterocycles. The molecule has 1 heterocycles. The Hall–Kier alpha value is -1.84. The van der Waals surface area contributed by atoms with E-state index in [4.69, 9.17) is 9.31 Å². The molecule has 0 bridgehead atoms. The molecule has 0 unspecified atom stereocenters. The van der Waals surface area contributed by atoms with Crippen molar-refractivity contribution in [2.24, 2.45) is 0 Å². The monoisotopic (exact) mass is 306 g/mol. The summed E-state index contributed by atoms with van der Waals surface area (Å²) in [5, 5.41) is 0. The molecule has 1 aliphatic heterocycles. The van der Waals surface area contributed by atoms with Gasteiger partial charge in [0.15, 0.2) is 0 Å². The molecule has 23 heavy (non-hydrogen) atoms. The third-order valence-electron chi connectivity index (χ3n) is 4.76. The smallest absolute Gasteiger partial charge is 0.399 e. The third kappa shape index (κ3) is 3.26. The predicted octanol–water partition coefficient (Wildman–Crippen LogP) is 4.16. The second-order valence-corrected chi connectivity index (χ2v) is 6.96. The van der Waals surface area contributed by atoms with Crippen molar-refractivity contribution in [3.05, 3.63) is 65.7 Å². The average Bonchev–Trinajstić information content (AvgIpc) is 2.75. The summed E-state index contributed by atoms with van der Waals surface area (Å²) < 4.78 is 12.4. The van der Waals surface area contributed by atoms with E-state index in [0.29, 0.717) is 0 Å². The van der Waals surface area contributed by atoms with Crippen LogP contribution in [0.1, 0.15) is 38.8 Å². The lowest BCUT2D eigenvalue weighted by atomic mass is 9.76. The van der Waals surface area contributed by atoms with E-state index in [0.717, 1.165) is 11.0 Å². The summed E-state index contributed by atoms with van der Waals surface area (Å²) >= 11 is 0. The van der Waals surface area contributed by atoms with E-state index in [2.05, 4.69) is 64.1 Å². The molecule has 0 N–H and O–H groups in total. The van der Waals surface area contributed by atoms with Crippen LogP contribution < -0.4 is 5.46 Å². The van der Waals surface area contributed by atoms with Gasteiger partial charge in [-0.25, -0.2) is 0 Å². The molecule has 0 aliphatic carbocycles. The van der Waals surface area contributed by atoms with Gasteiger partial charge in [-0.3, -0.25) is 0 Å². The van der Waals surface area contributed by atoms with Gasteiger partial charge in [-0.15, -0.1) is 0 Å². The highest BCUT2D eigenvalue weighted by Crippen LogP contribution is 2.36. The number of hydrogen-bond donors (Lipinski definition) is 0. The molecule has 2 nitrogen and oxygen atoms in total. The van der Waals surface area contributed by atoms with Crippen LogP contribution in [-0.4, -0.2) is 18.3 Å². The first kappa shape index (κ1) is 16.0. The Kier molecular flexibility index (Phi) is 4.18. The van der Waals surface area contributed by atoms with Crippen LogP contribution in [0.15, 0.2) is 54.6 Å². The van der Waals surface area contributed by atoms with E-state index >= 15 is 0 Å². The van der Waals surface area contributed by atoms with E-state index in [-0.39, 0.29) is 18.3 Å². The second kappa shape index (κ2) is 5.99. The van der Waals surface area contributed by atoms with Gasteiger partial charge in [0.2, 0.25) is 0 Å². The summed E-state index contributed by atoms with van der Waals surface area (Å²) in [5.41, 5.74) is 2.71. The zero-order valence-corrected chi connectivity index (χ0v) is 14.2. The fraction of sp³-hybridized carbons (Fsp3) is 0.300. The minimum atomic E-state index is -0.336. The lowest BCUT2D eigenvalue weighted by Crippen LogP contribution is -2.41. The molecule has 1 aliphatic rings. The Morgan fingerprint density at radius 3 is 1.96 bits per heavy atom. The molecule has 0 saturated carbocycles. The van der Waals surface area contributed by atoms with Gasteiger partial charge in [-0.2, -0.15) is 0 Å². The Morgan fingerprint density at radius 2 is 1.30 bits per heavy atom. The summed E-state index contributed by atoms with van der Waals surface area (Å²) in [5.74, 6) is 0. The quantitative estimate of drug-likeness (QED) is 0.626. The van der Waals surface area contributed by atoms with Crippen LogP contribution in [0.25, 0.3) is 12.2 Å². The van der Waals surface area contributed by atoms with Crippen LogP contribution in [0, 0.1) is 0 Å². The molecule has 118 valence electrons. The van der Waals surface area contributed by atoms with E-state index in [1.165, 1.54) is 5.56 Å². The third-order valence-corrected chi connectivity index (χ3v) is 4.76. The van der Waals surface area contributed by atoms with Crippen LogP contribution >= 0.6 is 0 Å². The first-order valence-corrected chi connectivity index (χ1v) is 8.07. The first-order chi connectivity index (χ1) is 10.9. The van der Waals surface area contributed by atoms with Crippen molar-refractivity contribution in [1.29, 1.82) is 0 Å². The fourth-order valence-electron chi connectivity index (χ4n) is 2.60. The maximum Gasteiger partial charge on any atom is 0.495 e. The fourth-order valence-corrected chi connectivity index (χ4v) is 2.60. The normalized spacial score (nSPS) is 19.4. The average molecular weight is 306 g/mol. The highest BCUT2D eigenvalue weighted by molar-refractivity contribution is 6.63. The molecular formula is C20H23BO2. The van der Waals surface area contributed by atoms with E-state index in [9.17, 15) is 0 Å². The molecule has 1 fully saturated rings. The van der Waals surface area contributed by atoms with Gasteiger partial charge in [0.1, 0.15) is 0 Å². The van der Waals surface area contributed by atoms with Crippen LogP contribution in [0.2, 0.25) is 0 Å². The van der Waals surface area contributed by atoms with E-state index in [1.807, 2.05) is 30.3 Å². The molecule has 2 aromatic rings. The zero-order chi connectivity index (χ0) is 16.5. The van der Waals surface area contributed by atoms with Crippen LogP contribution in [0.4, 0.5) is 0 Å². The van der Waals surface area contributed by atoms with E-state index in [1.54, 1.807) is 0 Å². The Bertz CT molecular complexity index is 689. The lowest BCUT2D eigenvalue weighted by Gasteiger charge is -2.32. The van der Waals surface area contributed by atoms with Crippen molar-refractivity contribution >= 4 is 24.7 Å². The molecule has 0 spiro atoms. The second-order valence-electron chi connectivity index (χ2n) is 6.96. The van der Waals surface area contributed by atoms with Gasteiger partial charge < -0.3 is 9.31 Å². The van der Waals surface area contributed by atoms with Crippen LogP contribution in [0.5, 0.6) is 0 Å². The highest BCUT2D eigenvalue weighted by atomic mass is 16.7. The summed E-state index contributed by atoms with van der Waals surface area (Å²) in [7, 11) is -0.336. The number of hydrogen-bond acceptors (Lipinski definition) is 2. The SMILES string of the molecule is CC1(C)OB(c2ccccc2C=Cc2ccccc2)OC1(C)C. The van der Waals surface area contributed by atoms with Crippen molar-refractivity contribution in [3.8, 4) is 0 Å². The van der Waals surface area contributed by atoms with Crippen molar-refractivity contribution in [3.63, 3.8) is 0 Å². The number of rotatable bonds is 3. The topological polar surface area (TPSA) is 18.5 Å². The van der Waals surface area contributed by atoms with Crippen molar-refractivity contribution in [2.45, 2.75) is 38.9 Å². The highest BCUT2D eigenvalue weighted by Gasteiger charge is 2.52. The maximum absolute atomic E-state index is 6.19. The molecule has 0 aromatic heterocycles. The van der Waals surface area contributed by atoms with Crippen LogP contribution in [-0.2, 0) is 9.31 Å². The molecule has 0 radical (unpaired) electrons. The summed E-state index contributed by atoms with van der Waals surface area (Å²) in [6.07, 6.45) is 4.24. The van der Waals surface area contributed by atoms with Gasteiger partial charge in [0.25, 0.3) is 0 Å². The summed E-state index contributed by atoms with van der Waals surface area (Å²) in [6.45, 7) is 8.32. The Morgan fingerprint density at radius 1 is 0.739 bits per heavy atom. The summed E-state index contributed by atoms with van der Waals surface area (Å²) in [4.78, 5) is 0. The Balaban J connectivity index is 1.89. The van der Waals surface area contributed by atoms with Crippen LogP contribution in [0.3, 0.4) is 0 Å². The Labute approximate surface area is 139 Å². The largest absolute Gasteiger partial charge is 0.495 e. The summed E-state index contributed by atoms with van der Waals surface area (Å²) in [6, 6.07) is 18.5. The molecule has 3 heteroatoms. The minimum absolute atomic E-state index is 0.325. The molecule has 0 atom stereocenters. The molecule has 0 amide bonds. The van der Waals surface area contributed by atoms with Gasteiger partial charge in [0.05, 0.1) is 11.2 Å². The van der Waals surface area contributed by atoms with Crippen molar-refractivity contribution in [2.75, 3.05) is 0 Å². The molecule has 3 rings (SSSR count). The lowest BCUT2D eigenvalue weighted by molar-refractivity contribution is 0.00578. The predicted molar refractivity (Wildman–Crippen MR) is 97.5 cm³/mol. The van der Waals surface area contributed by atoms with Crippen molar-refractivity contribution in [1.82, 2.24) is 0 Å². The van der Waals surface area contributed by atoms with E-state index < -0.39 is 0 Å². The maximum atomic E-state index is 6.19. The molecular weight excluding hydrogens is 283 g/mol. The molecule has 2 aromatic carbocycles. The van der Waals surface area contributed by atoms with Gasteiger partial charge in [-0.1, -0.05) is 66.7 Å². The van der Waals surface area contributed by atoms with Gasteiger partial charge in [0, 0.05) is 0 Å². The minimum Gasteiger partial charge on any atom is -0.399 e. The van der Waals surface area contributed by atoms with Crippen molar-refractivity contribution < 1.29 is 9.31 Å².